The van der Waals surface area contributed by atoms with Crippen molar-refractivity contribution >= 4 is 21.8 Å². The highest BCUT2D eigenvalue weighted by atomic mass is 79.9. The number of imidazole rings is 1. The second-order valence-corrected chi connectivity index (χ2v) is 9.23. The number of aromatic nitrogens is 2. The molecule has 1 amide bonds. The van der Waals surface area contributed by atoms with Crippen molar-refractivity contribution in [2.24, 2.45) is 0 Å². The maximum Gasteiger partial charge on any atom is 0.253 e. The highest BCUT2D eigenvalue weighted by Crippen LogP contribution is 2.40. The topological polar surface area (TPSA) is 61.5 Å². The summed E-state index contributed by atoms with van der Waals surface area (Å²) in [6.45, 7) is 9.17. The molecule has 0 radical (unpaired) electrons. The Bertz CT molecular complexity index is 1120. The Labute approximate surface area is 204 Å². The number of carbonyl (C=O) groups excluding carboxylic acids is 1. The number of benzene rings is 2. The highest BCUT2D eigenvalue weighted by molar-refractivity contribution is 9.10. The molecular formula is C26H31BrN4O2. The summed E-state index contributed by atoms with van der Waals surface area (Å²) < 4.78 is 6.60. The lowest BCUT2D eigenvalue weighted by atomic mass is 9.87. The molecule has 4 rings (SSSR count). The molecule has 7 heteroatoms. The molecule has 0 saturated heterocycles. The minimum Gasteiger partial charge on any atom is -0.496 e. The van der Waals surface area contributed by atoms with Crippen molar-refractivity contribution in [3.8, 4) is 5.75 Å². The zero-order valence-electron chi connectivity index (χ0n) is 19.7. The first-order valence-corrected chi connectivity index (χ1v) is 12.2. The summed E-state index contributed by atoms with van der Waals surface area (Å²) >= 11 is 3.64. The number of nitrogens with one attached hydrogen (secondary N) is 1. The molecule has 0 saturated carbocycles. The van der Waals surface area contributed by atoms with Gasteiger partial charge in [-0.1, -0.05) is 12.1 Å². The van der Waals surface area contributed by atoms with Gasteiger partial charge < -0.3 is 14.6 Å². The fourth-order valence-corrected chi connectivity index (χ4v) is 5.19. The fourth-order valence-electron chi connectivity index (χ4n) is 4.64. The molecule has 0 aliphatic carbocycles. The smallest absolute Gasteiger partial charge is 0.253 e. The number of carbonyl (C=O) groups is 1. The van der Waals surface area contributed by atoms with Gasteiger partial charge in [0, 0.05) is 31.7 Å². The molecule has 1 aromatic heterocycles. The largest absolute Gasteiger partial charge is 0.496 e. The number of nitrogens with zero attached hydrogens (tertiary/aromatic N) is 3. The first-order valence-electron chi connectivity index (χ1n) is 11.4. The molecule has 1 atom stereocenters. The molecule has 0 spiro atoms. The zero-order chi connectivity index (χ0) is 23.5. The van der Waals surface area contributed by atoms with Crippen molar-refractivity contribution in [2.45, 2.75) is 39.8 Å². The van der Waals surface area contributed by atoms with Gasteiger partial charge >= 0.3 is 0 Å². The number of halogens is 1. The van der Waals surface area contributed by atoms with Crippen LogP contribution in [0.4, 0.5) is 0 Å². The second kappa shape index (κ2) is 10.1. The van der Waals surface area contributed by atoms with E-state index in [0.29, 0.717) is 13.1 Å². The Kier molecular flexibility index (Phi) is 7.20. The average molecular weight is 511 g/mol. The molecule has 1 aliphatic heterocycles. The van der Waals surface area contributed by atoms with E-state index in [4.69, 9.17) is 4.74 Å². The van der Waals surface area contributed by atoms with Crippen LogP contribution in [-0.2, 0) is 13.0 Å². The number of H-pyrrole nitrogens is 1. The van der Waals surface area contributed by atoms with Gasteiger partial charge in [0.05, 0.1) is 35.3 Å². The van der Waals surface area contributed by atoms with Crippen molar-refractivity contribution in [1.29, 1.82) is 0 Å². The number of amides is 1. The monoisotopic (exact) mass is 510 g/mol. The third-order valence-electron chi connectivity index (χ3n) is 6.56. The lowest BCUT2D eigenvalue weighted by molar-refractivity contribution is 0.0773. The van der Waals surface area contributed by atoms with Gasteiger partial charge in [0.1, 0.15) is 5.75 Å². The third-order valence-corrected chi connectivity index (χ3v) is 7.18. The van der Waals surface area contributed by atoms with E-state index in [0.717, 1.165) is 52.2 Å². The number of aryl methyl sites for hydroxylation is 1. The van der Waals surface area contributed by atoms with E-state index in [-0.39, 0.29) is 11.9 Å². The van der Waals surface area contributed by atoms with E-state index < -0.39 is 0 Å². The van der Waals surface area contributed by atoms with Crippen LogP contribution in [0.15, 0.2) is 47.2 Å². The lowest BCUT2D eigenvalue weighted by Crippen LogP contribution is -2.36. The molecule has 3 aromatic rings. The van der Waals surface area contributed by atoms with Crippen LogP contribution >= 0.6 is 15.9 Å². The van der Waals surface area contributed by atoms with Crippen molar-refractivity contribution in [3.05, 3.63) is 80.8 Å². The van der Waals surface area contributed by atoms with Gasteiger partial charge in [-0.05, 0) is 84.1 Å². The predicted octanol–water partition coefficient (Wildman–Crippen LogP) is 5.12. The van der Waals surface area contributed by atoms with E-state index in [2.05, 4.69) is 55.1 Å². The normalized spacial score (nSPS) is 15.8. The first-order chi connectivity index (χ1) is 16.0. The van der Waals surface area contributed by atoms with Gasteiger partial charge in [-0.15, -0.1) is 0 Å². The van der Waals surface area contributed by atoms with E-state index >= 15 is 0 Å². The van der Waals surface area contributed by atoms with E-state index in [1.54, 1.807) is 13.4 Å². The Hall–Kier alpha value is -2.64. The number of rotatable bonds is 7. The molecule has 33 heavy (non-hydrogen) atoms. The van der Waals surface area contributed by atoms with Gasteiger partial charge in [0.2, 0.25) is 0 Å². The summed E-state index contributed by atoms with van der Waals surface area (Å²) in [6, 6.07) is 12.5. The molecule has 1 aliphatic rings. The number of aromatic amines is 1. The molecule has 0 bridgehead atoms. The van der Waals surface area contributed by atoms with E-state index in [1.807, 2.05) is 37.8 Å². The molecule has 1 N–H and O–H groups in total. The van der Waals surface area contributed by atoms with Crippen LogP contribution in [0.5, 0.6) is 5.75 Å². The quantitative estimate of drug-likeness (QED) is 0.479. The Morgan fingerprint density at radius 2 is 1.97 bits per heavy atom. The summed E-state index contributed by atoms with van der Waals surface area (Å²) in [7, 11) is 1.70. The first kappa shape index (κ1) is 23.5. The summed E-state index contributed by atoms with van der Waals surface area (Å²) in [5, 5.41) is 0. The molecule has 1 unspecified atom stereocenters. The van der Waals surface area contributed by atoms with E-state index in [9.17, 15) is 4.79 Å². The molecule has 174 valence electrons. The Morgan fingerprint density at radius 1 is 1.24 bits per heavy atom. The van der Waals surface area contributed by atoms with E-state index in [1.165, 1.54) is 11.1 Å². The molecule has 2 heterocycles. The maximum absolute atomic E-state index is 12.8. The van der Waals surface area contributed by atoms with Crippen LogP contribution in [0.25, 0.3) is 0 Å². The summed E-state index contributed by atoms with van der Waals surface area (Å²) in [5.41, 5.74) is 6.58. The molecular weight excluding hydrogens is 480 g/mol. The Morgan fingerprint density at radius 3 is 2.58 bits per heavy atom. The van der Waals surface area contributed by atoms with Gasteiger partial charge in [-0.3, -0.25) is 9.69 Å². The second-order valence-electron chi connectivity index (χ2n) is 8.37. The Balaban J connectivity index is 1.74. The summed E-state index contributed by atoms with van der Waals surface area (Å²) in [5.74, 6) is 0.901. The number of hydrogen-bond donors (Lipinski definition) is 1. The van der Waals surface area contributed by atoms with Crippen molar-refractivity contribution < 1.29 is 9.53 Å². The lowest BCUT2D eigenvalue weighted by Gasteiger charge is -2.38. The maximum atomic E-state index is 12.8. The highest BCUT2D eigenvalue weighted by Gasteiger charge is 2.31. The summed E-state index contributed by atoms with van der Waals surface area (Å²) in [6.07, 6.45) is 2.71. The van der Waals surface area contributed by atoms with Crippen LogP contribution < -0.4 is 4.74 Å². The van der Waals surface area contributed by atoms with Crippen LogP contribution in [0.1, 0.15) is 58.3 Å². The third kappa shape index (κ3) is 4.70. The van der Waals surface area contributed by atoms with Crippen LogP contribution in [0.2, 0.25) is 0 Å². The van der Waals surface area contributed by atoms with Crippen LogP contribution in [0, 0.1) is 6.92 Å². The molecule has 0 fully saturated rings. The predicted molar refractivity (Wildman–Crippen MR) is 134 cm³/mol. The number of methoxy groups -OCH3 is 1. The minimum atomic E-state index is 0.0519. The van der Waals surface area contributed by atoms with Gasteiger partial charge in [-0.2, -0.15) is 0 Å². The number of ether oxygens (including phenoxy) is 1. The minimum absolute atomic E-state index is 0.0519. The summed E-state index contributed by atoms with van der Waals surface area (Å²) in [4.78, 5) is 24.8. The zero-order valence-corrected chi connectivity index (χ0v) is 21.3. The average Bonchev–Trinajstić information content (AvgIpc) is 3.23. The van der Waals surface area contributed by atoms with Crippen molar-refractivity contribution in [1.82, 2.24) is 19.8 Å². The van der Waals surface area contributed by atoms with Crippen LogP contribution in [0.3, 0.4) is 0 Å². The SMILES string of the molecule is CCN(CC)C(=O)c1ccc(C2c3cc(OC)c(Br)cc3CCN2Cc2[nH]cnc2C)cc1. The van der Waals surface area contributed by atoms with Crippen LogP contribution in [-0.4, -0.2) is 52.4 Å². The molecule has 2 aromatic carbocycles. The van der Waals surface area contributed by atoms with Gasteiger partial charge in [0.15, 0.2) is 0 Å². The van der Waals surface area contributed by atoms with Gasteiger partial charge in [0.25, 0.3) is 5.91 Å². The van der Waals surface area contributed by atoms with Crippen molar-refractivity contribution in [3.63, 3.8) is 0 Å². The number of fused-ring (bicyclic) bond motifs is 1. The van der Waals surface area contributed by atoms with Gasteiger partial charge in [-0.25, -0.2) is 4.98 Å². The van der Waals surface area contributed by atoms with Crippen molar-refractivity contribution in [2.75, 3.05) is 26.7 Å². The number of hydrogen-bond acceptors (Lipinski definition) is 4. The molecule has 6 nitrogen and oxygen atoms in total. The fraction of sp³-hybridized carbons (Fsp3) is 0.385. The standard InChI is InChI=1S/C26H31BrN4O2/c1-5-30(6-2)26(32)19-9-7-18(8-10-19)25-21-14-24(33-4)22(27)13-20(21)11-12-31(25)15-23-17(3)28-16-29-23/h7-10,13-14,16,25H,5-6,11-12,15H2,1-4H3,(H,28,29).